The number of halogens is 2. The molecule has 0 aliphatic heterocycles. The first kappa shape index (κ1) is 13.0. The Labute approximate surface area is 115 Å². The fourth-order valence-electron chi connectivity index (χ4n) is 2.00. The van der Waals surface area contributed by atoms with Crippen LogP contribution in [0.5, 0.6) is 0 Å². The minimum absolute atomic E-state index is 0.513. The second-order valence-electron chi connectivity index (χ2n) is 4.00. The van der Waals surface area contributed by atoms with Gasteiger partial charge in [0.05, 0.1) is 16.3 Å². The summed E-state index contributed by atoms with van der Waals surface area (Å²) in [6.45, 7) is 3.93. The van der Waals surface area contributed by atoms with Crippen molar-refractivity contribution in [1.29, 1.82) is 0 Å². The molecule has 94 valence electrons. The van der Waals surface area contributed by atoms with E-state index in [1.54, 1.807) is 6.07 Å². The summed E-state index contributed by atoms with van der Waals surface area (Å²) < 4.78 is 2.03. The van der Waals surface area contributed by atoms with Crippen molar-refractivity contribution in [3.05, 3.63) is 51.3 Å². The minimum Gasteiger partial charge on any atom is -0.411 e. The standard InChI is InChI=1S/C13H12Cl2N2O/c1-8-5-10(7-16-18)9(2)17(8)11-3-4-12(14)13(15)6-11/h3-7,18H,1-2H3. The van der Waals surface area contributed by atoms with E-state index in [2.05, 4.69) is 5.16 Å². The molecule has 0 saturated carbocycles. The average molecular weight is 283 g/mol. The molecule has 0 fully saturated rings. The summed E-state index contributed by atoms with van der Waals surface area (Å²) in [6.07, 6.45) is 1.41. The minimum atomic E-state index is 0.513. The number of aryl methyl sites for hydroxylation is 1. The second-order valence-corrected chi connectivity index (χ2v) is 4.82. The van der Waals surface area contributed by atoms with Crippen molar-refractivity contribution in [3.8, 4) is 5.69 Å². The van der Waals surface area contributed by atoms with Crippen LogP contribution in [0.15, 0.2) is 29.4 Å². The molecule has 18 heavy (non-hydrogen) atoms. The van der Waals surface area contributed by atoms with E-state index in [1.165, 1.54) is 6.21 Å². The summed E-state index contributed by atoms with van der Waals surface area (Å²) >= 11 is 11.9. The Morgan fingerprint density at radius 1 is 1.17 bits per heavy atom. The maximum atomic E-state index is 8.62. The van der Waals surface area contributed by atoms with Gasteiger partial charge < -0.3 is 9.77 Å². The van der Waals surface area contributed by atoms with Gasteiger partial charge in [-0.3, -0.25) is 0 Å². The first-order valence-corrected chi connectivity index (χ1v) is 6.12. The Morgan fingerprint density at radius 3 is 2.50 bits per heavy atom. The molecule has 1 heterocycles. The van der Waals surface area contributed by atoms with Gasteiger partial charge in [-0.25, -0.2) is 0 Å². The van der Waals surface area contributed by atoms with E-state index in [0.29, 0.717) is 10.0 Å². The number of aromatic nitrogens is 1. The van der Waals surface area contributed by atoms with Gasteiger partial charge in [-0.2, -0.15) is 0 Å². The monoisotopic (exact) mass is 282 g/mol. The highest BCUT2D eigenvalue weighted by molar-refractivity contribution is 6.42. The predicted molar refractivity (Wildman–Crippen MR) is 74.6 cm³/mol. The molecular weight excluding hydrogens is 271 g/mol. The van der Waals surface area contributed by atoms with Crippen LogP contribution in [-0.4, -0.2) is 16.0 Å². The van der Waals surface area contributed by atoms with Gasteiger partial charge in [0.2, 0.25) is 0 Å². The summed E-state index contributed by atoms with van der Waals surface area (Å²) in [4.78, 5) is 0. The summed E-state index contributed by atoms with van der Waals surface area (Å²) in [5.41, 5.74) is 3.79. The Kier molecular flexibility index (Phi) is 3.64. The highest BCUT2D eigenvalue weighted by atomic mass is 35.5. The highest BCUT2D eigenvalue weighted by Gasteiger charge is 2.10. The van der Waals surface area contributed by atoms with Crippen LogP contribution in [0.3, 0.4) is 0 Å². The normalized spacial score (nSPS) is 11.3. The summed E-state index contributed by atoms with van der Waals surface area (Å²) in [5, 5.41) is 12.7. The molecule has 0 atom stereocenters. The van der Waals surface area contributed by atoms with Crippen molar-refractivity contribution < 1.29 is 5.21 Å². The molecule has 2 rings (SSSR count). The SMILES string of the molecule is Cc1cc(C=NO)c(C)n1-c1ccc(Cl)c(Cl)c1. The van der Waals surface area contributed by atoms with Crippen molar-refractivity contribution >= 4 is 29.4 Å². The lowest BCUT2D eigenvalue weighted by Gasteiger charge is -2.10. The number of oxime groups is 1. The van der Waals surface area contributed by atoms with Gasteiger partial charge in [-0.15, -0.1) is 0 Å². The number of hydrogen-bond donors (Lipinski definition) is 1. The molecule has 1 aromatic carbocycles. The molecule has 3 nitrogen and oxygen atoms in total. The Hall–Kier alpha value is -1.45. The van der Waals surface area contributed by atoms with E-state index >= 15 is 0 Å². The van der Waals surface area contributed by atoms with E-state index in [4.69, 9.17) is 28.4 Å². The van der Waals surface area contributed by atoms with E-state index in [1.807, 2.05) is 36.6 Å². The Morgan fingerprint density at radius 2 is 1.89 bits per heavy atom. The maximum Gasteiger partial charge on any atom is 0.0752 e. The lowest BCUT2D eigenvalue weighted by molar-refractivity contribution is 0.322. The average Bonchev–Trinajstić information content (AvgIpc) is 2.59. The zero-order chi connectivity index (χ0) is 13.3. The zero-order valence-corrected chi connectivity index (χ0v) is 11.5. The second kappa shape index (κ2) is 5.04. The lowest BCUT2D eigenvalue weighted by atomic mass is 10.2. The van der Waals surface area contributed by atoms with Crippen molar-refractivity contribution in [1.82, 2.24) is 4.57 Å². The van der Waals surface area contributed by atoms with E-state index in [-0.39, 0.29) is 0 Å². The van der Waals surface area contributed by atoms with Crippen LogP contribution in [-0.2, 0) is 0 Å². The quantitative estimate of drug-likeness (QED) is 0.500. The molecule has 0 amide bonds. The molecule has 1 N–H and O–H groups in total. The molecule has 0 aliphatic carbocycles. The molecule has 0 spiro atoms. The molecule has 0 bridgehead atoms. The lowest BCUT2D eigenvalue weighted by Crippen LogP contribution is -1.99. The Balaban J connectivity index is 2.60. The molecule has 1 aromatic heterocycles. The molecule has 0 saturated heterocycles. The number of nitrogens with zero attached hydrogens (tertiary/aromatic N) is 2. The molecular formula is C13H12Cl2N2O. The van der Waals surface area contributed by atoms with Gasteiger partial charge in [0.15, 0.2) is 0 Å². The van der Waals surface area contributed by atoms with Gasteiger partial charge in [-0.05, 0) is 38.1 Å². The fourth-order valence-corrected chi connectivity index (χ4v) is 2.29. The maximum absolute atomic E-state index is 8.62. The molecule has 0 unspecified atom stereocenters. The van der Waals surface area contributed by atoms with Gasteiger partial charge >= 0.3 is 0 Å². The van der Waals surface area contributed by atoms with E-state index in [0.717, 1.165) is 22.6 Å². The topological polar surface area (TPSA) is 37.5 Å². The van der Waals surface area contributed by atoms with Gasteiger partial charge in [0, 0.05) is 22.6 Å². The van der Waals surface area contributed by atoms with Crippen LogP contribution < -0.4 is 0 Å². The summed E-state index contributed by atoms with van der Waals surface area (Å²) in [7, 11) is 0. The van der Waals surface area contributed by atoms with Crippen molar-refractivity contribution in [3.63, 3.8) is 0 Å². The molecule has 0 aliphatic rings. The van der Waals surface area contributed by atoms with Gasteiger partial charge in [-0.1, -0.05) is 28.4 Å². The van der Waals surface area contributed by atoms with Crippen LogP contribution >= 0.6 is 23.2 Å². The largest absolute Gasteiger partial charge is 0.411 e. The third-order valence-corrected chi connectivity index (χ3v) is 3.57. The van der Waals surface area contributed by atoms with Crippen molar-refractivity contribution in [2.24, 2.45) is 5.16 Å². The van der Waals surface area contributed by atoms with E-state index < -0.39 is 0 Å². The van der Waals surface area contributed by atoms with Crippen LogP contribution in [0, 0.1) is 13.8 Å². The molecule has 5 heteroatoms. The number of hydrogen-bond acceptors (Lipinski definition) is 2. The fraction of sp³-hybridized carbons (Fsp3) is 0.154. The number of rotatable bonds is 2. The molecule has 2 aromatic rings. The predicted octanol–water partition coefficient (Wildman–Crippen LogP) is 4.21. The van der Waals surface area contributed by atoms with Gasteiger partial charge in [0.1, 0.15) is 0 Å². The van der Waals surface area contributed by atoms with Crippen molar-refractivity contribution in [2.45, 2.75) is 13.8 Å². The number of benzene rings is 1. The third kappa shape index (κ3) is 2.24. The van der Waals surface area contributed by atoms with Gasteiger partial charge in [0.25, 0.3) is 0 Å². The smallest absolute Gasteiger partial charge is 0.0752 e. The zero-order valence-electron chi connectivity index (χ0n) is 9.98. The van der Waals surface area contributed by atoms with Crippen LogP contribution in [0.4, 0.5) is 0 Å². The third-order valence-electron chi connectivity index (χ3n) is 2.83. The van der Waals surface area contributed by atoms with Crippen molar-refractivity contribution in [2.75, 3.05) is 0 Å². The highest BCUT2D eigenvalue weighted by Crippen LogP contribution is 2.27. The first-order valence-electron chi connectivity index (χ1n) is 5.36. The van der Waals surface area contributed by atoms with E-state index in [9.17, 15) is 0 Å². The summed E-state index contributed by atoms with van der Waals surface area (Å²) in [5.74, 6) is 0. The summed E-state index contributed by atoms with van der Waals surface area (Å²) in [6, 6.07) is 7.41. The first-order chi connectivity index (χ1) is 8.54. The Bertz CT molecular complexity index is 618. The van der Waals surface area contributed by atoms with Crippen LogP contribution in [0.2, 0.25) is 10.0 Å². The molecule has 0 radical (unpaired) electrons. The van der Waals surface area contributed by atoms with Crippen LogP contribution in [0.25, 0.3) is 5.69 Å². The van der Waals surface area contributed by atoms with Crippen LogP contribution in [0.1, 0.15) is 17.0 Å².